The highest BCUT2D eigenvalue weighted by atomic mass is 28.5. The Labute approximate surface area is 379 Å². The molecule has 2 rings (SSSR count). The van der Waals surface area contributed by atoms with E-state index in [9.17, 15) is 19.2 Å². The van der Waals surface area contributed by atoms with Crippen molar-refractivity contribution in [3.8, 4) is 0 Å². The lowest BCUT2D eigenvalue weighted by Gasteiger charge is -2.46. The molecule has 0 saturated heterocycles. The summed E-state index contributed by atoms with van der Waals surface area (Å²) in [5.41, 5.74) is 0.883. The summed E-state index contributed by atoms with van der Waals surface area (Å²) < 4.78 is 68.6. The van der Waals surface area contributed by atoms with Gasteiger partial charge in [-0.15, -0.1) is 0 Å². The Morgan fingerprint density at radius 2 is 0.714 bits per heavy atom. The maximum absolute atomic E-state index is 11.8. The van der Waals surface area contributed by atoms with Gasteiger partial charge in [0.1, 0.15) is 26.4 Å². The second-order valence-corrected chi connectivity index (χ2v) is 39.3. The van der Waals surface area contributed by atoms with E-state index in [4.69, 9.17) is 49.0 Å². The molecule has 0 aromatic heterocycles. The molecular formula is C42H66O15Si6. The largest absolute Gasteiger partial charge is 0.460 e. The Morgan fingerprint density at radius 1 is 0.429 bits per heavy atom. The van der Waals surface area contributed by atoms with Crippen LogP contribution in [0.1, 0.15) is 0 Å². The molecule has 0 fully saturated rings. The van der Waals surface area contributed by atoms with Gasteiger partial charge in [-0.25, -0.2) is 19.2 Å². The summed E-state index contributed by atoms with van der Waals surface area (Å²) in [7, 11) is -18.7. The normalized spacial score (nSPS) is 12.4. The van der Waals surface area contributed by atoms with Gasteiger partial charge in [0.15, 0.2) is 16.6 Å². The van der Waals surface area contributed by atoms with E-state index in [1.807, 2.05) is 86.9 Å². The fourth-order valence-electron chi connectivity index (χ4n) is 6.90. The molecule has 0 aliphatic rings. The molecular weight excluding hydrogens is 913 g/mol. The molecule has 0 atom stereocenters. The molecule has 0 radical (unpaired) electrons. The standard InChI is InChI=1S/C42H66O15Si6/c1-13-39(43)47-27-31-51-61(11,52-32-28-48-40(44)14-2)35-58(5,6)55-60(9,10)57-63(37-23-19-17-20-24-37,38-25-21-18-22-26-38)56-59(7,8)36-62(12,53-33-29-49-41(45)15-3)54-34-30-50-42(46)16-4/h13-26H,1-4,27-36H2,5-12H3. The smallest absolute Gasteiger partial charge is 0.388 e. The van der Waals surface area contributed by atoms with Crippen LogP contribution < -0.4 is 10.4 Å². The Balaban J connectivity index is 2.56. The van der Waals surface area contributed by atoms with E-state index in [0.29, 0.717) is 11.3 Å². The average Bonchev–Trinajstić information content (AvgIpc) is 3.23. The summed E-state index contributed by atoms with van der Waals surface area (Å²) in [6.07, 6.45) is 4.34. The van der Waals surface area contributed by atoms with Crippen LogP contribution in [0, 0.1) is 0 Å². The minimum Gasteiger partial charge on any atom is -0.460 e. The number of hydrogen-bond acceptors (Lipinski definition) is 15. The van der Waals surface area contributed by atoms with Crippen LogP contribution in [0.25, 0.3) is 0 Å². The van der Waals surface area contributed by atoms with Crippen molar-refractivity contribution in [1.29, 1.82) is 0 Å². The number of benzene rings is 2. The number of hydrogen-bond donors (Lipinski definition) is 0. The second kappa shape index (κ2) is 26.3. The summed E-state index contributed by atoms with van der Waals surface area (Å²) in [5.74, 6) is -2.27. The van der Waals surface area contributed by atoms with Crippen molar-refractivity contribution >= 4 is 85.1 Å². The Kier molecular flexibility index (Phi) is 23.1. The third kappa shape index (κ3) is 20.8. The molecule has 0 aliphatic carbocycles. The maximum Gasteiger partial charge on any atom is 0.388 e. The van der Waals surface area contributed by atoms with E-state index in [-0.39, 0.29) is 52.9 Å². The highest BCUT2D eigenvalue weighted by molar-refractivity contribution is 7.04. The molecule has 0 bridgehead atoms. The first kappa shape index (κ1) is 55.4. The molecule has 0 saturated carbocycles. The van der Waals surface area contributed by atoms with Crippen molar-refractivity contribution in [3.63, 3.8) is 0 Å². The molecule has 0 aliphatic heterocycles. The van der Waals surface area contributed by atoms with E-state index in [1.54, 1.807) is 0 Å². The van der Waals surface area contributed by atoms with E-state index >= 15 is 0 Å². The van der Waals surface area contributed by atoms with Gasteiger partial charge in [0.2, 0.25) is 0 Å². The van der Waals surface area contributed by atoms with Gasteiger partial charge in [0.05, 0.1) is 26.4 Å². The van der Waals surface area contributed by atoms with Crippen LogP contribution in [-0.4, -0.2) is 128 Å². The van der Waals surface area contributed by atoms with Crippen LogP contribution in [0.4, 0.5) is 0 Å². The van der Waals surface area contributed by atoms with Gasteiger partial charge in [-0.3, -0.25) is 0 Å². The summed E-state index contributed by atoms with van der Waals surface area (Å²) >= 11 is 0. The van der Waals surface area contributed by atoms with Crippen molar-refractivity contribution in [2.24, 2.45) is 0 Å². The second-order valence-electron chi connectivity index (χ2n) is 16.1. The molecule has 2 aromatic rings. The summed E-state index contributed by atoms with van der Waals surface area (Å²) in [6, 6.07) is 19.8. The third-order valence-corrected chi connectivity index (χ3v) is 36.8. The van der Waals surface area contributed by atoms with Crippen LogP contribution in [0.2, 0.25) is 63.7 Å². The summed E-state index contributed by atoms with van der Waals surface area (Å²) in [6.45, 7) is 30.2. The average molecular weight is 979 g/mol. The maximum atomic E-state index is 11.8. The zero-order chi connectivity index (χ0) is 47.2. The Bertz CT molecular complexity index is 1720. The monoisotopic (exact) mass is 978 g/mol. The highest BCUT2D eigenvalue weighted by Gasteiger charge is 2.55. The van der Waals surface area contributed by atoms with Crippen molar-refractivity contribution in [2.75, 3.05) is 52.9 Å². The van der Waals surface area contributed by atoms with Crippen molar-refractivity contribution in [2.45, 2.75) is 63.7 Å². The van der Waals surface area contributed by atoms with E-state index in [0.717, 1.165) is 34.7 Å². The van der Waals surface area contributed by atoms with E-state index < -0.39 is 74.8 Å². The molecule has 21 heteroatoms. The zero-order valence-corrected chi connectivity index (χ0v) is 44.1. The first-order valence-corrected chi connectivity index (χ1v) is 36.4. The quantitative estimate of drug-likeness (QED) is 0.0291. The van der Waals surface area contributed by atoms with Crippen LogP contribution in [0.5, 0.6) is 0 Å². The van der Waals surface area contributed by atoms with Crippen molar-refractivity contribution in [3.05, 3.63) is 111 Å². The lowest BCUT2D eigenvalue weighted by molar-refractivity contribution is -0.140. The van der Waals surface area contributed by atoms with Gasteiger partial charge in [-0.1, -0.05) is 87.0 Å². The van der Waals surface area contributed by atoms with Gasteiger partial charge in [0, 0.05) is 35.6 Å². The van der Waals surface area contributed by atoms with Crippen LogP contribution in [-0.2, 0) is 68.2 Å². The molecule has 2 aromatic carbocycles. The SMILES string of the molecule is C=CC(=O)OCCO[Si](C)(C[Si](C)(C)O[Si](C)(C)O[Si](O[Si](C)(C)C[Si](C)(OCCOC(=O)C=C)OCCOC(=O)C=C)(c1ccccc1)c1ccccc1)OCCOC(=O)C=C. The Hall–Kier alpha value is -3.70. The molecule has 0 heterocycles. The molecule has 63 heavy (non-hydrogen) atoms. The highest BCUT2D eigenvalue weighted by Crippen LogP contribution is 2.32. The van der Waals surface area contributed by atoms with Crippen LogP contribution in [0.15, 0.2) is 111 Å². The van der Waals surface area contributed by atoms with Gasteiger partial charge < -0.3 is 49.0 Å². The van der Waals surface area contributed by atoms with Gasteiger partial charge in [-0.05, 0) is 62.7 Å². The van der Waals surface area contributed by atoms with Gasteiger partial charge in [-0.2, -0.15) is 0 Å². The van der Waals surface area contributed by atoms with Gasteiger partial charge in [0.25, 0.3) is 0 Å². The lowest BCUT2D eigenvalue weighted by Crippen LogP contribution is -2.72. The first-order valence-electron chi connectivity index (χ1n) is 20.5. The predicted molar refractivity (Wildman–Crippen MR) is 255 cm³/mol. The molecule has 0 spiro atoms. The number of esters is 4. The summed E-state index contributed by atoms with van der Waals surface area (Å²) in [5, 5.41) is 1.76. The first-order chi connectivity index (χ1) is 29.6. The molecule has 0 amide bonds. The Morgan fingerprint density at radius 3 is 1.00 bits per heavy atom. The van der Waals surface area contributed by atoms with Crippen molar-refractivity contribution < 1.29 is 68.2 Å². The molecule has 348 valence electrons. The molecule has 0 N–H and O–H groups in total. The molecule has 0 unspecified atom stereocenters. The fraction of sp³-hybridized carbons (Fsp3) is 0.429. The topological polar surface area (TPSA) is 170 Å². The fourth-order valence-corrected chi connectivity index (χ4v) is 40.8. The van der Waals surface area contributed by atoms with Crippen LogP contribution in [0.3, 0.4) is 0 Å². The van der Waals surface area contributed by atoms with E-state index in [2.05, 4.69) is 52.5 Å². The molecule has 15 nitrogen and oxygen atoms in total. The predicted octanol–water partition coefficient (Wildman–Crippen LogP) is 5.61. The lowest BCUT2D eigenvalue weighted by atomic mass is 10.4. The van der Waals surface area contributed by atoms with Crippen molar-refractivity contribution in [1.82, 2.24) is 0 Å². The van der Waals surface area contributed by atoms with Gasteiger partial charge >= 0.3 is 58.1 Å². The number of ether oxygens (including phenoxy) is 4. The van der Waals surface area contributed by atoms with Crippen LogP contribution >= 0.6 is 0 Å². The number of rotatable bonds is 32. The number of carbonyl (C=O) groups excluding carboxylic acids is 4. The minimum absolute atomic E-state index is 0.00273. The third-order valence-electron chi connectivity index (χ3n) is 8.74. The zero-order valence-electron chi connectivity index (χ0n) is 38.1. The minimum atomic E-state index is -3.67. The number of carbonyl (C=O) groups is 4. The summed E-state index contributed by atoms with van der Waals surface area (Å²) in [4.78, 5) is 47.0. The van der Waals surface area contributed by atoms with E-state index in [1.165, 1.54) is 0 Å².